The first-order chi connectivity index (χ1) is 7.45. The highest BCUT2D eigenvalue weighted by atomic mass is 79.9. The lowest BCUT2D eigenvalue weighted by molar-refractivity contribution is 0.106. The molecular weight excluding hydrogens is 280 g/mol. The van der Waals surface area contributed by atoms with Gasteiger partial charge in [-0.25, -0.2) is 8.78 Å². The lowest BCUT2D eigenvalue weighted by atomic mass is 10.2. The normalized spacial score (nSPS) is 14.6. The number of anilines is 1. The van der Waals surface area contributed by atoms with E-state index in [0.29, 0.717) is 4.47 Å². The maximum atomic E-state index is 13.5. The van der Waals surface area contributed by atoms with Crippen LogP contribution in [0, 0.1) is 11.6 Å². The van der Waals surface area contributed by atoms with E-state index < -0.39 is 11.6 Å². The molecule has 0 amide bonds. The average Bonchev–Trinajstić information content (AvgIpc) is 2.21. The van der Waals surface area contributed by atoms with Crippen molar-refractivity contribution in [3.63, 3.8) is 0 Å². The van der Waals surface area contributed by atoms with Gasteiger partial charge in [0.05, 0.1) is 6.10 Å². The summed E-state index contributed by atoms with van der Waals surface area (Å²) in [5, 5.41) is 2.76. The number of hydrogen-bond donors (Lipinski definition) is 1. The quantitative estimate of drug-likeness (QED) is 0.916. The molecule has 0 radical (unpaired) electrons. The topological polar surface area (TPSA) is 21.3 Å². The number of ether oxygens (including phenoxy) is 1. The van der Waals surface area contributed by atoms with E-state index in [-0.39, 0.29) is 17.8 Å². The number of hydrogen-bond acceptors (Lipinski definition) is 2. The van der Waals surface area contributed by atoms with Gasteiger partial charge in [0, 0.05) is 17.6 Å². The third kappa shape index (κ3) is 3.15. The van der Waals surface area contributed by atoms with E-state index in [1.807, 2.05) is 6.92 Å². The predicted molar refractivity (Wildman–Crippen MR) is 63.6 cm³/mol. The van der Waals surface area contributed by atoms with E-state index in [9.17, 15) is 8.78 Å². The standard InChI is InChI=1S/C11H14BrF2NO/c1-6(7(2)16-3)15-11-9(13)4-8(12)5-10(11)14/h4-7,15H,1-3H3. The van der Waals surface area contributed by atoms with Crippen LogP contribution in [0.2, 0.25) is 0 Å². The second-order valence-electron chi connectivity index (χ2n) is 3.62. The molecule has 0 fully saturated rings. The lowest BCUT2D eigenvalue weighted by Crippen LogP contribution is -2.30. The van der Waals surface area contributed by atoms with Crippen LogP contribution in [-0.2, 0) is 4.74 Å². The molecule has 1 N–H and O–H groups in total. The van der Waals surface area contributed by atoms with Gasteiger partial charge in [0.25, 0.3) is 0 Å². The summed E-state index contributed by atoms with van der Waals surface area (Å²) in [7, 11) is 1.55. The van der Waals surface area contributed by atoms with Crippen molar-refractivity contribution in [3.8, 4) is 0 Å². The summed E-state index contributed by atoms with van der Waals surface area (Å²) < 4.78 is 32.4. The van der Waals surface area contributed by atoms with Crippen LogP contribution >= 0.6 is 15.9 Å². The fourth-order valence-electron chi connectivity index (χ4n) is 1.23. The molecule has 0 saturated heterocycles. The minimum absolute atomic E-state index is 0.125. The smallest absolute Gasteiger partial charge is 0.150 e. The fraction of sp³-hybridized carbons (Fsp3) is 0.455. The maximum Gasteiger partial charge on any atom is 0.150 e. The molecule has 90 valence electrons. The van der Waals surface area contributed by atoms with Crippen molar-refractivity contribution in [2.24, 2.45) is 0 Å². The number of nitrogens with one attached hydrogen (secondary N) is 1. The Morgan fingerprint density at radius 3 is 2.19 bits per heavy atom. The van der Waals surface area contributed by atoms with Crippen LogP contribution in [0.4, 0.5) is 14.5 Å². The second kappa shape index (κ2) is 5.59. The van der Waals surface area contributed by atoms with Crippen molar-refractivity contribution in [3.05, 3.63) is 28.2 Å². The first-order valence-electron chi connectivity index (χ1n) is 4.89. The van der Waals surface area contributed by atoms with Crippen molar-refractivity contribution in [2.45, 2.75) is 26.0 Å². The summed E-state index contributed by atoms with van der Waals surface area (Å²) in [4.78, 5) is 0. The van der Waals surface area contributed by atoms with Gasteiger partial charge in [-0.05, 0) is 26.0 Å². The van der Waals surface area contributed by atoms with Crippen LogP contribution < -0.4 is 5.32 Å². The second-order valence-corrected chi connectivity index (χ2v) is 4.53. The van der Waals surface area contributed by atoms with Crippen LogP contribution in [0.5, 0.6) is 0 Å². The summed E-state index contributed by atoms with van der Waals surface area (Å²) >= 11 is 3.02. The number of rotatable bonds is 4. The van der Waals surface area contributed by atoms with Crippen LogP contribution in [0.1, 0.15) is 13.8 Å². The molecular formula is C11H14BrF2NO. The van der Waals surface area contributed by atoms with Crippen LogP contribution in [0.25, 0.3) is 0 Å². The highest BCUT2D eigenvalue weighted by Gasteiger charge is 2.16. The van der Waals surface area contributed by atoms with Crippen molar-refractivity contribution < 1.29 is 13.5 Å². The Kier molecular flexibility index (Phi) is 4.68. The zero-order chi connectivity index (χ0) is 12.3. The number of halogens is 3. The van der Waals surface area contributed by atoms with Crippen LogP contribution in [0.3, 0.4) is 0 Å². The van der Waals surface area contributed by atoms with E-state index in [0.717, 1.165) is 0 Å². The largest absolute Gasteiger partial charge is 0.380 e. The zero-order valence-electron chi connectivity index (χ0n) is 9.35. The Bertz CT molecular complexity index is 350. The fourth-order valence-corrected chi connectivity index (χ4v) is 1.63. The molecule has 0 aliphatic heterocycles. The monoisotopic (exact) mass is 293 g/mol. The Labute approximate surface area is 102 Å². The minimum atomic E-state index is -0.623. The van der Waals surface area contributed by atoms with E-state index >= 15 is 0 Å². The van der Waals surface area contributed by atoms with Gasteiger partial charge in [-0.15, -0.1) is 0 Å². The van der Waals surface area contributed by atoms with Gasteiger partial charge in [-0.1, -0.05) is 15.9 Å². The Morgan fingerprint density at radius 1 is 1.25 bits per heavy atom. The summed E-state index contributed by atoms with van der Waals surface area (Å²) in [6.45, 7) is 3.63. The molecule has 0 saturated carbocycles. The molecule has 2 atom stereocenters. The van der Waals surface area contributed by atoms with Crippen molar-refractivity contribution in [1.29, 1.82) is 0 Å². The molecule has 5 heteroatoms. The highest BCUT2D eigenvalue weighted by molar-refractivity contribution is 9.10. The Hall–Kier alpha value is -0.680. The number of methoxy groups -OCH3 is 1. The summed E-state index contributed by atoms with van der Waals surface area (Å²) in [5.74, 6) is -1.25. The molecule has 0 aromatic heterocycles. The highest BCUT2D eigenvalue weighted by Crippen LogP contribution is 2.24. The molecule has 16 heavy (non-hydrogen) atoms. The van der Waals surface area contributed by atoms with Gasteiger partial charge in [-0.2, -0.15) is 0 Å². The number of benzene rings is 1. The molecule has 1 aromatic carbocycles. The van der Waals surface area contributed by atoms with Crippen LogP contribution in [0.15, 0.2) is 16.6 Å². The van der Waals surface area contributed by atoms with E-state index in [1.165, 1.54) is 12.1 Å². The SMILES string of the molecule is COC(C)C(C)Nc1c(F)cc(Br)cc1F. The molecule has 0 heterocycles. The molecule has 1 aromatic rings. The molecule has 0 aliphatic rings. The van der Waals surface area contributed by atoms with Crippen LogP contribution in [-0.4, -0.2) is 19.3 Å². The first-order valence-corrected chi connectivity index (χ1v) is 5.69. The van der Waals surface area contributed by atoms with E-state index in [1.54, 1.807) is 14.0 Å². The third-order valence-electron chi connectivity index (χ3n) is 2.45. The molecule has 0 spiro atoms. The third-order valence-corrected chi connectivity index (χ3v) is 2.91. The predicted octanol–water partition coefficient (Wildman–Crippen LogP) is 3.56. The van der Waals surface area contributed by atoms with Gasteiger partial charge in [0.1, 0.15) is 17.3 Å². The molecule has 1 rings (SSSR count). The molecule has 2 unspecified atom stereocenters. The van der Waals surface area contributed by atoms with Gasteiger partial charge in [0.15, 0.2) is 0 Å². The van der Waals surface area contributed by atoms with E-state index in [2.05, 4.69) is 21.2 Å². The minimum Gasteiger partial charge on any atom is -0.380 e. The average molecular weight is 294 g/mol. The van der Waals surface area contributed by atoms with Gasteiger partial charge in [0.2, 0.25) is 0 Å². The van der Waals surface area contributed by atoms with Gasteiger partial charge in [-0.3, -0.25) is 0 Å². The molecule has 2 nitrogen and oxygen atoms in total. The summed E-state index contributed by atoms with van der Waals surface area (Å²) in [6.07, 6.45) is -0.137. The lowest BCUT2D eigenvalue weighted by Gasteiger charge is -2.21. The maximum absolute atomic E-state index is 13.5. The zero-order valence-corrected chi connectivity index (χ0v) is 10.9. The molecule has 0 aliphatic carbocycles. The van der Waals surface area contributed by atoms with Gasteiger partial charge >= 0.3 is 0 Å². The van der Waals surface area contributed by atoms with Gasteiger partial charge < -0.3 is 10.1 Å². The first kappa shape index (κ1) is 13.4. The Balaban J connectivity index is 2.89. The van der Waals surface area contributed by atoms with E-state index in [4.69, 9.17) is 4.74 Å². The van der Waals surface area contributed by atoms with Crippen molar-refractivity contribution >= 4 is 21.6 Å². The van der Waals surface area contributed by atoms with Crippen molar-refractivity contribution in [1.82, 2.24) is 0 Å². The Morgan fingerprint density at radius 2 is 1.75 bits per heavy atom. The van der Waals surface area contributed by atoms with Crippen molar-refractivity contribution in [2.75, 3.05) is 12.4 Å². The molecule has 0 bridgehead atoms. The summed E-state index contributed by atoms with van der Waals surface area (Å²) in [5.41, 5.74) is -0.125. The summed E-state index contributed by atoms with van der Waals surface area (Å²) in [6, 6.07) is 2.25.